The van der Waals surface area contributed by atoms with Gasteiger partial charge in [0.2, 0.25) is 0 Å². The van der Waals surface area contributed by atoms with Crippen molar-refractivity contribution in [1.29, 1.82) is 0 Å². The van der Waals surface area contributed by atoms with Gasteiger partial charge >= 0.3 is 0 Å². The predicted octanol–water partition coefficient (Wildman–Crippen LogP) is 2.74. The lowest BCUT2D eigenvalue weighted by Gasteiger charge is -2.04. The topological polar surface area (TPSA) is 69.1 Å². The van der Waals surface area contributed by atoms with E-state index >= 15 is 0 Å². The summed E-state index contributed by atoms with van der Waals surface area (Å²) in [4.78, 5) is 12.1. The van der Waals surface area contributed by atoms with E-state index in [0.717, 1.165) is 0 Å². The van der Waals surface area contributed by atoms with Gasteiger partial charge in [0.1, 0.15) is 0 Å². The van der Waals surface area contributed by atoms with E-state index in [4.69, 9.17) is 23.1 Å². The second-order valence-corrected chi connectivity index (χ2v) is 4.12. The van der Waals surface area contributed by atoms with E-state index in [1.807, 2.05) is 0 Å². The van der Waals surface area contributed by atoms with Crippen LogP contribution < -0.4 is 11.5 Å². The highest BCUT2D eigenvalue weighted by Crippen LogP contribution is 2.19. The third-order valence-corrected chi connectivity index (χ3v) is 2.71. The van der Waals surface area contributed by atoms with Gasteiger partial charge in [-0.05, 0) is 42.5 Å². The van der Waals surface area contributed by atoms with Gasteiger partial charge in [-0.2, -0.15) is 0 Å². The predicted molar refractivity (Wildman–Crippen MR) is 70.2 cm³/mol. The normalized spacial score (nSPS) is 10.2. The maximum Gasteiger partial charge on any atom is 0.193 e. The third-order valence-electron chi connectivity index (χ3n) is 2.46. The quantitative estimate of drug-likeness (QED) is 0.632. The summed E-state index contributed by atoms with van der Waals surface area (Å²) in [7, 11) is 0. The number of hydrogen-bond donors (Lipinski definition) is 2. The van der Waals surface area contributed by atoms with Crippen LogP contribution in [0.2, 0.25) is 5.02 Å². The molecule has 0 radical (unpaired) electrons. The maximum absolute atomic E-state index is 12.1. The van der Waals surface area contributed by atoms with Gasteiger partial charge in [0.25, 0.3) is 0 Å². The van der Waals surface area contributed by atoms with Crippen molar-refractivity contribution < 1.29 is 4.79 Å². The number of anilines is 2. The molecule has 4 N–H and O–H groups in total. The second kappa shape index (κ2) is 4.47. The first kappa shape index (κ1) is 11.5. The Labute approximate surface area is 104 Å². The van der Waals surface area contributed by atoms with Crippen LogP contribution in [0.4, 0.5) is 11.4 Å². The minimum absolute atomic E-state index is 0.103. The Morgan fingerprint density at radius 3 is 2.06 bits per heavy atom. The largest absolute Gasteiger partial charge is 0.397 e. The standard InChI is InChI=1S/C13H11ClN2O/c14-10-4-1-8(2-5-10)13(17)9-3-6-11(15)12(16)7-9/h1-7H,15-16H2. The van der Waals surface area contributed by atoms with E-state index in [9.17, 15) is 4.79 Å². The highest BCUT2D eigenvalue weighted by atomic mass is 35.5. The smallest absolute Gasteiger partial charge is 0.193 e. The monoisotopic (exact) mass is 246 g/mol. The van der Waals surface area contributed by atoms with E-state index in [1.165, 1.54) is 0 Å². The molecule has 0 unspecified atom stereocenters. The fourth-order valence-electron chi connectivity index (χ4n) is 1.48. The van der Waals surface area contributed by atoms with Crippen LogP contribution in [0.5, 0.6) is 0 Å². The molecule has 0 spiro atoms. The second-order valence-electron chi connectivity index (χ2n) is 3.68. The number of halogens is 1. The molecule has 2 rings (SSSR count). The average molecular weight is 247 g/mol. The van der Waals surface area contributed by atoms with E-state index in [-0.39, 0.29) is 5.78 Å². The number of nitrogens with two attached hydrogens (primary N) is 2. The van der Waals surface area contributed by atoms with Gasteiger partial charge in [-0.25, -0.2) is 0 Å². The number of nitrogen functional groups attached to an aromatic ring is 2. The Balaban J connectivity index is 2.37. The molecule has 0 atom stereocenters. The van der Waals surface area contributed by atoms with Crippen molar-refractivity contribution >= 4 is 28.8 Å². The average Bonchev–Trinajstić information content (AvgIpc) is 2.33. The Kier molecular flexibility index (Phi) is 3.02. The molecule has 3 nitrogen and oxygen atoms in total. The third kappa shape index (κ3) is 2.40. The summed E-state index contributed by atoms with van der Waals surface area (Å²) in [6.45, 7) is 0. The van der Waals surface area contributed by atoms with Crippen molar-refractivity contribution in [3.8, 4) is 0 Å². The number of carbonyl (C=O) groups excluding carboxylic acids is 1. The molecule has 0 heterocycles. The molecule has 2 aromatic rings. The molecule has 17 heavy (non-hydrogen) atoms. The summed E-state index contributed by atoms with van der Waals surface area (Å²) in [5.41, 5.74) is 13.2. The number of rotatable bonds is 2. The summed E-state index contributed by atoms with van der Waals surface area (Å²) in [5.74, 6) is -0.103. The van der Waals surface area contributed by atoms with E-state index < -0.39 is 0 Å². The van der Waals surface area contributed by atoms with Crippen molar-refractivity contribution in [2.24, 2.45) is 0 Å². The van der Waals surface area contributed by atoms with Crippen LogP contribution in [0.3, 0.4) is 0 Å². The zero-order valence-electron chi connectivity index (χ0n) is 8.98. The molecule has 0 aliphatic carbocycles. The van der Waals surface area contributed by atoms with Gasteiger partial charge in [-0.1, -0.05) is 11.6 Å². The van der Waals surface area contributed by atoms with Crippen molar-refractivity contribution in [3.05, 3.63) is 58.6 Å². The van der Waals surface area contributed by atoms with Gasteiger partial charge < -0.3 is 11.5 Å². The first-order valence-corrected chi connectivity index (χ1v) is 5.41. The molecule has 0 fully saturated rings. The highest BCUT2D eigenvalue weighted by Gasteiger charge is 2.09. The molecule has 0 aliphatic heterocycles. The van der Waals surface area contributed by atoms with Crippen LogP contribution in [-0.4, -0.2) is 5.78 Å². The first-order chi connectivity index (χ1) is 8.08. The fraction of sp³-hybridized carbons (Fsp3) is 0. The minimum Gasteiger partial charge on any atom is -0.397 e. The minimum atomic E-state index is -0.103. The van der Waals surface area contributed by atoms with Crippen molar-refractivity contribution in [1.82, 2.24) is 0 Å². The Morgan fingerprint density at radius 2 is 1.47 bits per heavy atom. The van der Waals surface area contributed by atoms with E-state index in [2.05, 4.69) is 0 Å². The molecular formula is C13H11ClN2O. The Hall–Kier alpha value is -2.00. The molecule has 0 aromatic heterocycles. The van der Waals surface area contributed by atoms with Crippen molar-refractivity contribution in [2.75, 3.05) is 11.5 Å². The molecule has 0 saturated heterocycles. The molecule has 0 amide bonds. The molecule has 86 valence electrons. The van der Waals surface area contributed by atoms with Crippen LogP contribution >= 0.6 is 11.6 Å². The van der Waals surface area contributed by atoms with Crippen LogP contribution in [0.15, 0.2) is 42.5 Å². The van der Waals surface area contributed by atoms with Gasteiger partial charge in [-0.15, -0.1) is 0 Å². The number of hydrogen-bond acceptors (Lipinski definition) is 3. The number of ketones is 1. The molecule has 0 aliphatic rings. The number of benzene rings is 2. The van der Waals surface area contributed by atoms with Crippen LogP contribution in [0.1, 0.15) is 15.9 Å². The Bertz CT molecular complexity index is 564. The summed E-state index contributed by atoms with van der Waals surface area (Å²) < 4.78 is 0. The van der Waals surface area contributed by atoms with Crippen LogP contribution in [0, 0.1) is 0 Å². The molecule has 2 aromatic carbocycles. The molecule has 0 bridgehead atoms. The zero-order valence-corrected chi connectivity index (χ0v) is 9.74. The summed E-state index contributed by atoms with van der Waals surface area (Å²) in [5, 5.41) is 0.596. The summed E-state index contributed by atoms with van der Waals surface area (Å²) in [6, 6.07) is 11.6. The summed E-state index contributed by atoms with van der Waals surface area (Å²) >= 11 is 5.76. The number of carbonyl (C=O) groups is 1. The first-order valence-electron chi connectivity index (χ1n) is 5.03. The fourth-order valence-corrected chi connectivity index (χ4v) is 1.61. The lowest BCUT2D eigenvalue weighted by atomic mass is 10.0. The SMILES string of the molecule is Nc1ccc(C(=O)c2ccc(Cl)cc2)cc1N. The lowest BCUT2D eigenvalue weighted by Crippen LogP contribution is -2.03. The van der Waals surface area contributed by atoms with Crippen molar-refractivity contribution in [2.45, 2.75) is 0 Å². The zero-order chi connectivity index (χ0) is 12.4. The lowest BCUT2D eigenvalue weighted by molar-refractivity contribution is 0.103. The molecular weight excluding hydrogens is 236 g/mol. The molecule has 4 heteroatoms. The maximum atomic E-state index is 12.1. The van der Waals surface area contributed by atoms with Gasteiger partial charge in [0.05, 0.1) is 11.4 Å². The van der Waals surface area contributed by atoms with Crippen molar-refractivity contribution in [3.63, 3.8) is 0 Å². The molecule has 0 saturated carbocycles. The van der Waals surface area contributed by atoms with Gasteiger partial charge in [0.15, 0.2) is 5.78 Å². The van der Waals surface area contributed by atoms with E-state index in [1.54, 1.807) is 42.5 Å². The van der Waals surface area contributed by atoms with Gasteiger partial charge in [0, 0.05) is 16.1 Å². The Morgan fingerprint density at radius 1 is 0.882 bits per heavy atom. The van der Waals surface area contributed by atoms with Crippen LogP contribution in [0.25, 0.3) is 0 Å². The highest BCUT2D eigenvalue weighted by molar-refractivity contribution is 6.30. The van der Waals surface area contributed by atoms with Gasteiger partial charge in [-0.3, -0.25) is 4.79 Å². The summed E-state index contributed by atoms with van der Waals surface area (Å²) in [6.07, 6.45) is 0. The van der Waals surface area contributed by atoms with E-state index in [0.29, 0.717) is 27.5 Å². The van der Waals surface area contributed by atoms with Crippen LogP contribution in [-0.2, 0) is 0 Å².